The summed E-state index contributed by atoms with van der Waals surface area (Å²) in [4.78, 5) is 8.95. The molecule has 0 N–H and O–H groups in total. The topological polar surface area (TPSA) is 19.4 Å². The van der Waals surface area contributed by atoms with Crippen LogP contribution < -0.4 is 0 Å². The van der Waals surface area contributed by atoms with Crippen LogP contribution in [0, 0.1) is 0 Å². The number of hydrogen-bond donors (Lipinski definition) is 0. The largest absolute Gasteiger partial charge is 0.300 e. The van der Waals surface area contributed by atoms with Crippen LogP contribution in [0.3, 0.4) is 0 Å². The molecule has 1 atom stereocenters. The molecule has 1 fully saturated rings. The van der Waals surface area contributed by atoms with Crippen molar-refractivity contribution in [1.29, 1.82) is 0 Å². The molecule has 1 aromatic heterocycles. The number of rotatable bonds is 5. The number of pyridine rings is 1. The normalized spacial score (nSPS) is 20.4. The first-order chi connectivity index (χ1) is 9.10. The van der Waals surface area contributed by atoms with E-state index in [0.29, 0.717) is 16.3 Å². The van der Waals surface area contributed by atoms with Crippen LogP contribution in [0.4, 0.5) is 0 Å². The van der Waals surface area contributed by atoms with Crippen LogP contribution in [0.1, 0.15) is 25.3 Å². The molecule has 19 heavy (non-hydrogen) atoms. The van der Waals surface area contributed by atoms with Crippen LogP contribution in [-0.2, 0) is 6.54 Å². The quantitative estimate of drug-likeness (QED) is 0.778. The van der Waals surface area contributed by atoms with Gasteiger partial charge in [0.15, 0.2) is 0 Å². The van der Waals surface area contributed by atoms with Crippen molar-refractivity contribution in [3.8, 4) is 0 Å². The Hall–Kier alpha value is -0.350. The summed E-state index contributed by atoms with van der Waals surface area (Å²) < 4.78 is 0. The van der Waals surface area contributed by atoms with Gasteiger partial charge in [-0.05, 0) is 39.0 Å². The molecule has 1 aliphatic rings. The molecular weight excluding hydrogens is 281 g/mol. The SMILES string of the molecule is CCN1CCCC1CN(C)Cc1ccc(Cl)nc1Cl. The van der Waals surface area contributed by atoms with Gasteiger partial charge in [0.25, 0.3) is 0 Å². The third kappa shape index (κ3) is 4.06. The molecule has 3 nitrogen and oxygen atoms in total. The Kier molecular flexibility index (Phi) is 5.46. The zero-order valence-electron chi connectivity index (χ0n) is 11.6. The smallest absolute Gasteiger partial charge is 0.135 e. The fraction of sp³-hybridized carbons (Fsp3) is 0.643. The van der Waals surface area contributed by atoms with Crippen molar-refractivity contribution in [2.24, 2.45) is 0 Å². The summed E-state index contributed by atoms with van der Waals surface area (Å²) in [5, 5.41) is 0.961. The Balaban J connectivity index is 1.92. The third-order valence-corrected chi connectivity index (χ3v) is 4.30. The lowest BCUT2D eigenvalue weighted by molar-refractivity contribution is 0.194. The van der Waals surface area contributed by atoms with E-state index in [1.54, 1.807) is 6.07 Å². The Labute approximate surface area is 125 Å². The molecule has 0 spiro atoms. The van der Waals surface area contributed by atoms with Gasteiger partial charge in [-0.15, -0.1) is 0 Å². The minimum absolute atomic E-state index is 0.448. The minimum atomic E-state index is 0.448. The van der Waals surface area contributed by atoms with E-state index in [4.69, 9.17) is 23.2 Å². The second-order valence-corrected chi connectivity index (χ2v) is 5.95. The molecule has 0 bridgehead atoms. The van der Waals surface area contributed by atoms with Crippen molar-refractivity contribution in [3.05, 3.63) is 28.0 Å². The van der Waals surface area contributed by atoms with Crippen molar-refractivity contribution in [2.75, 3.05) is 26.7 Å². The van der Waals surface area contributed by atoms with Gasteiger partial charge < -0.3 is 4.90 Å². The second-order valence-electron chi connectivity index (χ2n) is 5.21. The summed E-state index contributed by atoms with van der Waals surface area (Å²) in [6.07, 6.45) is 2.61. The van der Waals surface area contributed by atoms with Gasteiger partial charge >= 0.3 is 0 Å². The molecule has 5 heteroatoms. The first kappa shape index (κ1) is 15.0. The van der Waals surface area contributed by atoms with Crippen LogP contribution in [0.25, 0.3) is 0 Å². The van der Waals surface area contributed by atoms with Crippen molar-refractivity contribution in [2.45, 2.75) is 32.4 Å². The standard InChI is InChI=1S/C14H21Cl2N3/c1-3-19-8-4-5-12(19)10-18(2)9-11-6-7-13(15)17-14(11)16/h6-7,12H,3-5,8-10H2,1-2H3. The zero-order chi connectivity index (χ0) is 13.8. The summed E-state index contributed by atoms with van der Waals surface area (Å²) in [6.45, 7) is 6.50. The highest BCUT2D eigenvalue weighted by atomic mass is 35.5. The van der Waals surface area contributed by atoms with Crippen molar-refractivity contribution >= 4 is 23.2 Å². The van der Waals surface area contributed by atoms with Gasteiger partial charge in [0.1, 0.15) is 10.3 Å². The first-order valence-corrected chi connectivity index (χ1v) is 7.59. The van der Waals surface area contributed by atoms with Gasteiger partial charge in [0, 0.05) is 24.7 Å². The van der Waals surface area contributed by atoms with Crippen molar-refractivity contribution in [1.82, 2.24) is 14.8 Å². The van der Waals surface area contributed by atoms with Crippen LogP contribution >= 0.6 is 23.2 Å². The summed E-state index contributed by atoms with van der Waals surface area (Å²) in [7, 11) is 2.14. The van der Waals surface area contributed by atoms with Crippen molar-refractivity contribution in [3.63, 3.8) is 0 Å². The van der Waals surface area contributed by atoms with Gasteiger partial charge in [-0.2, -0.15) is 0 Å². The second kappa shape index (κ2) is 6.89. The lowest BCUT2D eigenvalue weighted by atomic mass is 10.2. The number of aromatic nitrogens is 1. The molecule has 0 amide bonds. The lowest BCUT2D eigenvalue weighted by Crippen LogP contribution is -2.38. The van der Waals surface area contributed by atoms with Gasteiger partial charge in [-0.3, -0.25) is 4.90 Å². The van der Waals surface area contributed by atoms with E-state index in [9.17, 15) is 0 Å². The maximum Gasteiger partial charge on any atom is 0.135 e. The van der Waals surface area contributed by atoms with E-state index >= 15 is 0 Å². The van der Waals surface area contributed by atoms with Gasteiger partial charge in [-0.1, -0.05) is 36.2 Å². The molecule has 1 aromatic rings. The summed E-state index contributed by atoms with van der Waals surface area (Å²) in [6, 6.07) is 4.43. The number of likely N-dealkylation sites (N-methyl/N-ethyl adjacent to an activating group) is 2. The molecule has 1 aliphatic heterocycles. The molecule has 2 heterocycles. The van der Waals surface area contributed by atoms with Gasteiger partial charge in [0.2, 0.25) is 0 Å². The molecule has 0 aliphatic carbocycles. The number of likely N-dealkylation sites (tertiary alicyclic amines) is 1. The maximum absolute atomic E-state index is 6.11. The van der Waals surface area contributed by atoms with Crippen molar-refractivity contribution < 1.29 is 0 Å². The van der Waals surface area contributed by atoms with E-state index in [2.05, 4.69) is 28.8 Å². The molecular formula is C14H21Cl2N3. The van der Waals surface area contributed by atoms with Gasteiger partial charge in [-0.25, -0.2) is 4.98 Å². The Morgan fingerprint density at radius 1 is 1.42 bits per heavy atom. The fourth-order valence-corrected chi connectivity index (χ4v) is 3.20. The third-order valence-electron chi connectivity index (χ3n) is 3.76. The van der Waals surface area contributed by atoms with Crippen LogP contribution in [0.2, 0.25) is 10.3 Å². The maximum atomic E-state index is 6.11. The summed E-state index contributed by atoms with van der Waals surface area (Å²) in [5.41, 5.74) is 1.04. The lowest BCUT2D eigenvalue weighted by Gasteiger charge is -2.27. The molecule has 2 rings (SSSR count). The van der Waals surface area contributed by atoms with E-state index in [1.807, 2.05) is 6.07 Å². The average molecular weight is 302 g/mol. The number of halogens is 2. The average Bonchev–Trinajstić information content (AvgIpc) is 2.80. The highest BCUT2D eigenvalue weighted by Crippen LogP contribution is 2.20. The Morgan fingerprint density at radius 2 is 2.21 bits per heavy atom. The van der Waals surface area contributed by atoms with Gasteiger partial charge in [0.05, 0.1) is 0 Å². The van der Waals surface area contributed by atoms with Crippen LogP contribution in [-0.4, -0.2) is 47.5 Å². The van der Waals surface area contributed by atoms with E-state index in [0.717, 1.165) is 25.2 Å². The predicted molar refractivity (Wildman–Crippen MR) is 80.9 cm³/mol. The first-order valence-electron chi connectivity index (χ1n) is 6.83. The monoisotopic (exact) mass is 301 g/mol. The molecule has 0 saturated carbocycles. The number of nitrogens with zero attached hydrogens (tertiary/aromatic N) is 3. The van der Waals surface area contributed by atoms with E-state index < -0.39 is 0 Å². The van der Waals surface area contributed by atoms with E-state index in [1.165, 1.54) is 19.4 Å². The van der Waals surface area contributed by atoms with Crippen LogP contribution in [0.5, 0.6) is 0 Å². The zero-order valence-corrected chi connectivity index (χ0v) is 13.1. The Bertz CT molecular complexity index is 425. The molecule has 1 saturated heterocycles. The molecule has 1 unspecified atom stereocenters. The summed E-state index contributed by atoms with van der Waals surface area (Å²) >= 11 is 11.9. The number of hydrogen-bond acceptors (Lipinski definition) is 3. The fourth-order valence-electron chi connectivity index (χ4n) is 2.79. The highest BCUT2D eigenvalue weighted by molar-refractivity contribution is 6.32. The minimum Gasteiger partial charge on any atom is -0.300 e. The van der Waals surface area contributed by atoms with E-state index in [-0.39, 0.29) is 0 Å². The highest BCUT2D eigenvalue weighted by Gasteiger charge is 2.24. The molecule has 0 aromatic carbocycles. The molecule has 106 valence electrons. The van der Waals surface area contributed by atoms with Crippen LogP contribution in [0.15, 0.2) is 12.1 Å². The Morgan fingerprint density at radius 3 is 2.89 bits per heavy atom. The predicted octanol–water partition coefficient (Wildman–Crippen LogP) is 3.30. The molecule has 0 radical (unpaired) electrons. The summed E-state index contributed by atoms with van der Waals surface area (Å²) in [5.74, 6) is 0.